The third-order valence-corrected chi connectivity index (χ3v) is 9.33. The molecule has 0 aromatic carbocycles. The lowest BCUT2D eigenvalue weighted by Gasteiger charge is -2.39. The minimum atomic E-state index is -1.60. The summed E-state index contributed by atoms with van der Waals surface area (Å²) in [6, 6.07) is 0. The molecule has 0 radical (unpaired) electrons. The number of aliphatic hydroxyl groups excluding tert-OH is 4. The number of rotatable bonds is 34. The van der Waals surface area contributed by atoms with Gasteiger partial charge in [0.1, 0.15) is 31.0 Å². The van der Waals surface area contributed by atoms with E-state index < -0.39 is 55.4 Å². The summed E-state index contributed by atoms with van der Waals surface area (Å²) in [5, 5.41) is 40.0. The number of ether oxygens (including phenoxy) is 4. The van der Waals surface area contributed by atoms with Crippen LogP contribution in [0.3, 0.4) is 0 Å². The first kappa shape index (κ1) is 51.2. The number of aliphatic hydroxyl groups is 4. The average molecular weight is 789 g/mol. The monoisotopic (exact) mass is 789 g/mol. The van der Waals surface area contributed by atoms with Crippen LogP contribution < -0.4 is 0 Å². The molecule has 0 aromatic rings. The van der Waals surface area contributed by atoms with Crippen molar-refractivity contribution in [1.29, 1.82) is 0 Å². The van der Waals surface area contributed by atoms with Crippen LogP contribution in [-0.2, 0) is 28.5 Å². The van der Waals surface area contributed by atoms with Crippen LogP contribution in [-0.4, -0.2) is 89.0 Å². The fourth-order valence-electron chi connectivity index (χ4n) is 5.90. The number of unbranched alkanes of at least 4 members (excludes halogenated alkanes) is 11. The third kappa shape index (κ3) is 27.7. The zero-order valence-electron chi connectivity index (χ0n) is 34.6. The van der Waals surface area contributed by atoms with Gasteiger partial charge in [0.05, 0.1) is 13.2 Å². The molecule has 1 aliphatic rings. The van der Waals surface area contributed by atoms with Crippen LogP contribution in [0.4, 0.5) is 0 Å². The van der Waals surface area contributed by atoms with E-state index in [-0.39, 0.29) is 26.1 Å². The highest BCUT2D eigenvalue weighted by Crippen LogP contribution is 2.22. The fraction of sp³-hybridized carbons (Fsp3) is 0.696. The Morgan fingerprint density at radius 3 is 1.59 bits per heavy atom. The number of hydrogen-bond acceptors (Lipinski definition) is 10. The Morgan fingerprint density at radius 2 is 1.05 bits per heavy atom. The molecular formula is C46H76O10. The number of allylic oxidation sites excluding steroid dienone is 12. The molecule has 6 atom stereocenters. The highest BCUT2D eigenvalue weighted by molar-refractivity contribution is 5.70. The van der Waals surface area contributed by atoms with Crippen LogP contribution in [0.1, 0.15) is 149 Å². The van der Waals surface area contributed by atoms with E-state index in [2.05, 4.69) is 86.8 Å². The maximum atomic E-state index is 12.7. The Balaban J connectivity index is 2.39. The van der Waals surface area contributed by atoms with Crippen molar-refractivity contribution in [2.45, 2.75) is 185 Å². The van der Waals surface area contributed by atoms with E-state index in [1.807, 2.05) is 0 Å². The summed E-state index contributed by atoms with van der Waals surface area (Å²) >= 11 is 0. The van der Waals surface area contributed by atoms with E-state index >= 15 is 0 Å². The summed E-state index contributed by atoms with van der Waals surface area (Å²) in [5.41, 5.74) is 0. The number of carbonyl (C=O) groups excluding carboxylic acids is 2. The van der Waals surface area contributed by atoms with Gasteiger partial charge in [0, 0.05) is 12.8 Å². The van der Waals surface area contributed by atoms with Gasteiger partial charge in [0.25, 0.3) is 0 Å². The molecular weight excluding hydrogens is 712 g/mol. The molecule has 0 aromatic heterocycles. The van der Waals surface area contributed by atoms with Crippen molar-refractivity contribution in [3.8, 4) is 0 Å². The van der Waals surface area contributed by atoms with Crippen LogP contribution in [0.2, 0.25) is 0 Å². The van der Waals surface area contributed by atoms with E-state index in [0.29, 0.717) is 12.8 Å². The van der Waals surface area contributed by atoms with Crippen molar-refractivity contribution < 1.29 is 49.0 Å². The van der Waals surface area contributed by atoms with Crippen molar-refractivity contribution in [1.82, 2.24) is 0 Å². The van der Waals surface area contributed by atoms with Crippen molar-refractivity contribution in [2.24, 2.45) is 0 Å². The minimum absolute atomic E-state index is 0.195. The SMILES string of the molecule is CC/C=C\C/C=C\C/C=C\C/C=C\CCCCCCC(=O)OC(COC(=O)CCCCCCC/C=C\C/C=C\CCCC)COC1OC(CO)C(O)C(O)C1O. The summed E-state index contributed by atoms with van der Waals surface area (Å²) in [4.78, 5) is 25.3. The average Bonchev–Trinajstić information content (AvgIpc) is 3.19. The highest BCUT2D eigenvalue weighted by Gasteiger charge is 2.44. The van der Waals surface area contributed by atoms with Gasteiger partial charge in [-0.3, -0.25) is 9.59 Å². The lowest BCUT2D eigenvalue weighted by molar-refractivity contribution is -0.305. The van der Waals surface area contributed by atoms with Crippen molar-refractivity contribution in [2.75, 3.05) is 19.8 Å². The molecule has 10 heteroatoms. The van der Waals surface area contributed by atoms with Gasteiger partial charge < -0.3 is 39.4 Å². The van der Waals surface area contributed by atoms with E-state index in [1.54, 1.807) is 0 Å². The van der Waals surface area contributed by atoms with Gasteiger partial charge >= 0.3 is 11.9 Å². The summed E-state index contributed by atoms with van der Waals surface area (Å²) in [7, 11) is 0. The molecule has 56 heavy (non-hydrogen) atoms. The maximum Gasteiger partial charge on any atom is 0.306 e. The molecule has 10 nitrogen and oxygen atoms in total. The minimum Gasteiger partial charge on any atom is -0.462 e. The van der Waals surface area contributed by atoms with Gasteiger partial charge in [-0.2, -0.15) is 0 Å². The van der Waals surface area contributed by atoms with Gasteiger partial charge in [-0.25, -0.2) is 0 Å². The first-order valence-electron chi connectivity index (χ1n) is 21.5. The quantitative estimate of drug-likeness (QED) is 0.0283. The molecule has 0 bridgehead atoms. The second kappa shape index (κ2) is 36.5. The number of carbonyl (C=O) groups is 2. The largest absolute Gasteiger partial charge is 0.462 e. The summed E-state index contributed by atoms with van der Waals surface area (Å²) in [6.45, 7) is 3.21. The normalized spacial score (nSPS) is 21.1. The van der Waals surface area contributed by atoms with E-state index in [9.17, 15) is 30.0 Å². The molecule has 0 saturated carbocycles. The number of hydrogen-bond donors (Lipinski definition) is 4. The Bertz CT molecular complexity index is 1140. The van der Waals surface area contributed by atoms with Crippen molar-refractivity contribution in [3.05, 3.63) is 72.9 Å². The predicted octanol–water partition coefficient (Wildman–Crippen LogP) is 8.83. The molecule has 1 rings (SSSR count). The van der Waals surface area contributed by atoms with Crippen molar-refractivity contribution >= 4 is 11.9 Å². The first-order chi connectivity index (χ1) is 27.3. The van der Waals surface area contributed by atoms with Gasteiger partial charge in [-0.1, -0.05) is 132 Å². The lowest BCUT2D eigenvalue weighted by Crippen LogP contribution is -2.59. The molecule has 0 amide bonds. The highest BCUT2D eigenvalue weighted by atomic mass is 16.7. The Hall–Kier alpha value is -2.86. The molecule has 1 fully saturated rings. The smallest absolute Gasteiger partial charge is 0.306 e. The third-order valence-electron chi connectivity index (χ3n) is 9.33. The van der Waals surface area contributed by atoms with E-state index in [0.717, 1.165) is 96.3 Å². The van der Waals surface area contributed by atoms with Crippen LogP contribution in [0, 0.1) is 0 Å². The second-order valence-electron chi connectivity index (χ2n) is 14.4. The molecule has 4 N–H and O–H groups in total. The van der Waals surface area contributed by atoms with Crippen LogP contribution in [0.15, 0.2) is 72.9 Å². The summed E-state index contributed by atoms with van der Waals surface area (Å²) in [5.74, 6) is -0.859. The standard InChI is InChI=1S/C46H76O10/c1-3-5-7-9-11-13-15-17-19-20-21-23-25-27-29-31-33-35-42(49)55-39(38-54-46-45(52)44(51)43(50)40(36-47)56-46)37-53-41(48)34-32-30-28-26-24-22-18-16-14-12-10-8-6-4-2/h5,7,10-13,16-19,21,23,39-40,43-47,50-52H,3-4,6,8-9,14-15,20,22,24-38H2,1-2H3/b7-5-,12-10-,13-11-,18-16-,19-17-,23-21-. The number of esters is 2. The maximum absolute atomic E-state index is 12.7. The topological polar surface area (TPSA) is 152 Å². The molecule has 1 saturated heterocycles. The predicted molar refractivity (Wildman–Crippen MR) is 224 cm³/mol. The fourth-order valence-corrected chi connectivity index (χ4v) is 5.90. The molecule has 1 heterocycles. The summed E-state index contributed by atoms with van der Waals surface area (Å²) < 4.78 is 22.1. The molecule has 1 aliphatic heterocycles. The lowest BCUT2D eigenvalue weighted by atomic mass is 9.99. The van der Waals surface area contributed by atoms with Gasteiger partial charge in [-0.15, -0.1) is 0 Å². The van der Waals surface area contributed by atoms with E-state index in [1.165, 1.54) is 12.8 Å². The molecule has 320 valence electrons. The van der Waals surface area contributed by atoms with Crippen LogP contribution in [0.5, 0.6) is 0 Å². The Kier molecular flexibility index (Phi) is 33.3. The molecule has 0 spiro atoms. The van der Waals surface area contributed by atoms with Gasteiger partial charge in [0.15, 0.2) is 12.4 Å². The van der Waals surface area contributed by atoms with E-state index in [4.69, 9.17) is 18.9 Å². The molecule has 6 unspecified atom stereocenters. The Morgan fingerprint density at radius 1 is 0.571 bits per heavy atom. The second-order valence-corrected chi connectivity index (χ2v) is 14.4. The van der Waals surface area contributed by atoms with Crippen molar-refractivity contribution in [3.63, 3.8) is 0 Å². The zero-order chi connectivity index (χ0) is 40.9. The van der Waals surface area contributed by atoms with Gasteiger partial charge in [0.2, 0.25) is 0 Å². The first-order valence-corrected chi connectivity index (χ1v) is 21.5. The molecule has 0 aliphatic carbocycles. The van der Waals surface area contributed by atoms with Gasteiger partial charge in [-0.05, 0) is 77.0 Å². The summed E-state index contributed by atoms with van der Waals surface area (Å²) in [6.07, 6.45) is 37.6. The Labute approximate surface area is 338 Å². The zero-order valence-corrected chi connectivity index (χ0v) is 34.6. The van der Waals surface area contributed by atoms with Crippen LogP contribution in [0.25, 0.3) is 0 Å². The van der Waals surface area contributed by atoms with Crippen LogP contribution >= 0.6 is 0 Å².